The highest BCUT2D eigenvalue weighted by Crippen LogP contribution is 2.47. The number of nitrogens with one attached hydrogen (secondary N) is 1. The molecule has 9 nitrogen and oxygen atoms in total. The number of amides is 2. The van der Waals surface area contributed by atoms with Gasteiger partial charge in [0.2, 0.25) is 11.8 Å². The fourth-order valence-corrected chi connectivity index (χ4v) is 5.35. The van der Waals surface area contributed by atoms with Gasteiger partial charge in [0.25, 0.3) is 0 Å². The zero-order chi connectivity index (χ0) is 28.8. The molecule has 2 amide bonds. The van der Waals surface area contributed by atoms with Gasteiger partial charge in [0.1, 0.15) is 17.1 Å². The van der Waals surface area contributed by atoms with Crippen LogP contribution in [0.3, 0.4) is 0 Å². The van der Waals surface area contributed by atoms with Crippen LogP contribution in [0.25, 0.3) is 0 Å². The minimum Gasteiger partial charge on any atom is -0.487 e. The van der Waals surface area contributed by atoms with E-state index in [9.17, 15) is 22.8 Å². The lowest BCUT2D eigenvalue weighted by Crippen LogP contribution is -2.54. The Labute approximate surface area is 225 Å². The number of rotatable bonds is 8. The average molecular weight is 553 g/mol. The van der Waals surface area contributed by atoms with Gasteiger partial charge in [-0.3, -0.25) is 14.5 Å². The van der Waals surface area contributed by atoms with Crippen LogP contribution in [0.4, 0.5) is 13.2 Å². The second-order valence-corrected chi connectivity index (χ2v) is 11.5. The van der Waals surface area contributed by atoms with Crippen LogP contribution in [0.5, 0.6) is 11.5 Å². The first-order valence-electron chi connectivity index (χ1n) is 12.8. The van der Waals surface area contributed by atoms with Crippen LogP contribution in [-0.2, 0) is 14.3 Å². The molecule has 0 bridgehead atoms. The Balaban J connectivity index is 1.52. The summed E-state index contributed by atoms with van der Waals surface area (Å²) >= 11 is 0. The lowest BCUT2D eigenvalue weighted by Gasteiger charge is -2.38. The number of nitrogens with zero attached hydrogens (tertiary/aromatic N) is 2. The number of hydrogen-bond acceptors (Lipinski definition) is 7. The molecular formula is C27H35F3N4O5. The van der Waals surface area contributed by atoms with Gasteiger partial charge in [-0.15, -0.1) is 13.2 Å². The molecule has 1 aromatic carbocycles. The Morgan fingerprint density at radius 3 is 2.69 bits per heavy atom. The quantitative estimate of drug-likeness (QED) is 0.474. The van der Waals surface area contributed by atoms with E-state index in [1.807, 2.05) is 19.9 Å². The molecule has 0 saturated heterocycles. The van der Waals surface area contributed by atoms with Crippen molar-refractivity contribution < 1.29 is 37.0 Å². The minimum atomic E-state index is -4.83. The molecular weight excluding hydrogens is 517 g/mol. The summed E-state index contributed by atoms with van der Waals surface area (Å²) in [6.07, 6.45) is -0.0723. The molecule has 0 spiro atoms. The molecule has 1 aromatic rings. The van der Waals surface area contributed by atoms with Crippen molar-refractivity contribution in [3.05, 3.63) is 35.9 Å². The van der Waals surface area contributed by atoms with Crippen molar-refractivity contribution in [2.45, 2.75) is 76.5 Å². The van der Waals surface area contributed by atoms with Crippen molar-refractivity contribution in [1.29, 1.82) is 0 Å². The van der Waals surface area contributed by atoms with Gasteiger partial charge in [-0.2, -0.15) is 0 Å². The van der Waals surface area contributed by atoms with Crippen molar-refractivity contribution in [3.8, 4) is 11.5 Å². The van der Waals surface area contributed by atoms with Gasteiger partial charge in [-0.05, 0) is 52.2 Å². The smallest absolute Gasteiger partial charge is 0.487 e. The number of benzene rings is 1. The van der Waals surface area contributed by atoms with E-state index in [4.69, 9.17) is 15.2 Å². The zero-order valence-corrected chi connectivity index (χ0v) is 22.7. The molecule has 214 valence electrons. The van der Waals surface area contributed by atoms with E-state index in [2.05, 4.69) is 15.0 Å². The minimum absolute atomic E-state index is 0.117. The average Bonchev–Trinajstić information content (AvgIpc) is 3.55. The van der Waals surface area contributed by atoms with Crippen LogP contribution in [0.1, 0.15) is 58.6 Å². The summed E-state index contributed by atoms with van der Waals surface area (Å²) in [5, 5.41) is 3.06. The molecule has 12 heteroatoms. The highest BCUT2D eigenvalue weighted by molar-refractivity contribution is 5.99. The van der Waals surface area contributed by atoms with Crippen molar-refractivity contribution in [3.63, 3.8) is 0 Å². The highest BCUT2D eigenvalue weighted by Gasteiger charge is 2.52. The summed E-state index contributed by atoms with van der Waals surface area (Å²) in [7, 11) is 1.56. The van der Waals surface area contributed by atoms with Crippen molar-refractivity contribution in [1.82, 2.24) is 10.2 Å². The number of alkyl halides is 3. The zero-order valence-electron chi connectivity index (χ0n) is 22.7. The predicted octanol–water partition coefficient (Wildman–Crippen LogP) is 3.84. The number of carbonyl (C=O) groups is 2. The molecule has 39 heavy (non-hydrogen) atoms. The molecule has 2 heterocycles. The monoisotopic (exact) mass is 552 g/mol. The summed E-state index contributed by atoms with van der Waals surface area (Å²) in [6.45, 7) is 7.61. The third-order valence-corrected chi connectivity index (χ3v) is 7.02. The maximum Gasteiger partial charge on any atom is 0.573 e. The lowest BCUT2D eigenvalue weighted by atomic mass is 9.89. The van der Waals surface area contributed by atoms with E-state index >= 15 is 0 Å². The van der Waals surface area contributed by atoms with Gasteiger partial charge >= 0.3 is 6.36 Å². The van der Waals surface area contributed by atoms with Gasteiger partial charge in [0.15, 0.2) is 5.96 Å². The SMILES string of the molecule is COC/C=C/C([C@H]1CC1C(=O)N[C@H]1CC(C)(C)Oc2cc(OC(F)(F)F)ccc21)N1C(=O)CC(C)(C)N=C1N. The number of nitrogens with two attached hydrogens (primary N) is 1. The van der Waals surface area contributed by atoms with Crippen LogP contribution in [0.2, 0.25) is 0 Å². The molecule has 3 N–H and O–H groups in total. The van der Waals surface area contributed by atoms with Crippen LogP contribution in [-0.4, -0.2) is 59.9 Å². The largest absolute Gasteiger partial charge is 0.573 e. The van der Waals surface area contributed by atoms with E-state index in [-0.39, 0.29) is 41.8 Å². The van der Waals surface area contributed by atoms with E-state index in [0.717, 1.165) is 0 Å². The second-order valence-electron chi connectivity index (χ2n) is 11.5. The van der Waals surface area contributed by atoms with Crippen molar-refractivity contribution in [2.24, 2.45) is 22.6 Å². The summed E-state index contributed by atoms with van der Waals surface area (Å²) in [5.74, 6) is -1.02. The van der Waals surface area contributed by atoms with Gasteiger partial charge in [0.05, 0.1) is 30.7 Å². The number of hydrogen-bond donors (Lipinski definition) is 2. The van der Waals surface area contributed by atoms with Gasteiger partial charge < -0.3 is 25.3 Å². The number of methoxy groups -OCH3 is 1. The highest BCUT2D eigenvalue weighted by atomic mass is 19.4. The Morgan fingerprint density at radius 1 is 1.33 bits per heavy atom. The third kappa shape index (κ3) is 6.84. The normalized spacial score (nSPS) is 26.4. The van der Waals surface area contributed by atoms with E-state index in [0.29, 0.717) is 25.0 Å². The first kappa shape index (κ1) is 28.7. The van der Waals surface area contributed by atoms with Crippen LogP contribution >= 0.6 is 0 Å². The number of ether oxygens (including phenoxy) is 3. The molecule has 4 rings (SSSR count). The Bertz CT molecular complexity index is 1180. The van der Waals surface area contributed by atoms with Crippen LogP contribution < -0.4 is 20.5 Å². The standard InChI is InChI=1S/C27H35F3N4O5/c1-25(2)14-22(35)34(24(31)33-25)20(7-6-10-37-5)17-12-18(17)23(36)32-19-13-26(3,4)39-21-11-15(8-9-16(19)21)38-27(28,29)30/h6-9,11,17-20H,10,12-14H2,1-5H3,(H2,31,33)(H,32,36)/b7-6+/t17-,18?,19-,20?/m0/s1. The number of aliphatic imine (C=N–C) groups is 1. The first-order chi connectivity index (χ1) is 18.1. The van der Waals surface area contributed by atoms with Gasteiger partial charge in [-0.25, -0.2) is 4.99 Å². The molecule has 0 radical (unpaired) electrons. The molecule has 0 aromatic heterocycles. The second kappa shape index (κ2) is 10.4. The molecule has 1 saturated carbocycles. The van der Waals surface area contributed by atoms with E-state index in [1.54, 1.807) is 27.0 Å². The van der Waals surface area contributed by atoms with E-state index < -0.39 is 35.3 Å². The molecule has 1 fully saturated rings. The first-order valence-corrected chi connectivity index (χ1v) is 12.8. The number of carbonyl (C=O) groups excluding carboxylic acids is 2. The van der Waals surface area contributed by atoms with Gasteiger partial charge in [0, 0.05) is 31.1 Å². The number of halogens is 3. The predicted molar refractivity (Wildman–Crippen MR) is 137 cm³/mol. The summed E-state index contributed by atoms with van der Waals surface area (Å²) in [4.78, 5) is 32.4. The van der Waals surface area contributed by atoms with Crippen LogP contribution in [0, 0.1) is 11.8 Å². The van der Waals surface area contributed by atoms with E-state index in [1.165, 1.54) is 23.1 Å². The fraction of sp³-hybridized carbons (Fsp3) is 0.593. The number of fused-ring (bicyclic) bond motifs is 1. The number of guanidine groups is 1. The van der Waals surface area contributed by atoms with Crippen molar-refractivity contribution in [2.75, 3.05) is 13.7 Å². The Hall–Kier alpha value is -3.28. The fourth-order valence-electron chi connectivity index (χ4n) is 5.35. The Kier molecular flexibility index (Phi) is 7.63. The van der Waals surface area contributed by atoms with Gasteiger partial charge in [-0.1, -0.05) is 12.2 Å². The lowest BCUT2D eigenvalue weighted by molar-refractivity contribution is -0.274. The molecule has 2 aliphatic heterocycles. The molecule has 1 aliphatic carbocycles. The molecule has 2 unspecified atom stereocenters. The topological polar surface area (TPSA) is 115 Å². The molecule has 4 atom stereocenters. The van der Waals surface area contributed by atoms with Crippen molar-refractivity contribution >= 4 is 17.8 Å². The Morgan fingerprint density at radius 2 is 2.05 bits per heavy atom. The van der Waals surface area contributed by atoms with Crippen LogP contribution in [0.15, 0.2) is 35.3 Å². The summed E-state index contributed by atoms with van der Waals surface area (Å²) in [6, 6.07) is 2.91. The summed E-state index contributed by atoms with van der Waals surface area (Å²) in [5.41, 5.74) is 5.43. The third-order valence-electron chi connectivity index (χ3n) is 7.02. The maximum atomic E-state index is 13.4. The summed E-state index contributed by atoms with van der Waals surface area (Å²) < 4.78 is 53.2. The molecule has 3 aliphatic rings. The maximum absolute atomic E-state index is 13.4.